The van der Waals surface area contributed by atoms with E-state index in [1.54, 1.807) is 18.0 Å². The van der Waals surface area contributed by atoms with Crippen LogP contribution in [0.2, 0.25) is 0 Å². The lowest BCUT2D eigenvalue weighted by molar-refractivity contribution is -0.150. The zero-order chi connectivity index (χ0) is 12.5. The quantitative estimate of drug-likeness (QED) is 0.794. The number of carbonyl (C=O) groups excluding carboxylic acids is 1. The smallest absolute Gasteiger partial charge is 0.309 e. The van der Waals surface area contributed by atoms with E-state index in [-0.39, 0.29) is 5.91 Å². The summed E-state index contributed by atoms with van der Waals surface area (Å²) in [6.07, 6.45) is 4.01. The number of H-pyrrole nitrogens is 1. The van der Waals surface area contributed by atoms with Crippen LogP contribution in [0.1, 0.15) is 30.1 Å². The van der Waals surface area contributed by atoms with Crippen molar-refractivity contribution in [1.29, 1.82) is 0 Å². The Bertz CT molecular complexity index is 419. The van der Waals surface area contributed by atoms with E-state index in [1.807, 2.05) is 0 Å². The van der Waals surface area contributed by atoms with Crippen LogP contribution in [0, 0.1) is 5.41 Å². The molecule has 2 heterocycles. The number of piperidine rings is 1. The van der Waals surface area contributed by atoms with Gasteiger partial charge in [-0.2, -0.15) is 5.10 Å². The molecule has 0 aromatic carbocycles. The van der Waals surface area contributed by atoms with Crippen LogP contribution < -0.4 is 0 Å². The summed E-state index contributed by atoms with van der Waals surface area (Å²) in [5.74, 6) is -0.876. The molecule has 1 aromatic heterocycles. The Morgan fingerprint density at radius 2 is 2.12 bits per heavy atom. The molecule has 6 heteroatoms. The summed E-state index contributed by atoms with van der Waals surface area (Å²) in [6.45, 7) is 2.69. The van der Waals surface area contributed by atoms with Gasteiger partial charge in [-0.25, -0.2) is 0 Å². The van der Waals surface area contributed by atoms with Crippen LogP contribution in [0.15, 0.2) is 12.4 Å². The van der Waals surface area contributed by atoms with Crippen LogP contribution in [0.3, 0.4) is 0 Å². The van der Waals surface area contributed by atoms with Gasteiger partial charge in [0.2, 0.25) is 0 Å². The number of aromatic nitrogens is 2. The fourth-order valence-corrected chi connectivity index (χ4v) is 1.97. The molecule has 1 aromatic rings. The summed E-state index contributed by atoms with van der Waals surface area (Å²) in [5.41, 5.74) is -0.184. The van der Waals surface area contributed by atoms with E-state index in [4.69, 9.17) is 5.11 Å². The zero-order valence-corrected chi connectivity index (χ0v) is 9.64. The number of carboxylic acids is 1. The third-order valence-electron chi connectivity index (χ3n) is 3.42. The summed E-state index contributed by atoms with van der Waals surface area (Å²) >= 11 is 0. The first-order valence-corrected chi connectivity index (χ1v) is 5.54. The molecule has 17 heavy (non-hydrogen) atoms. The number of aromatic amines is 1. The molecule has 0 saturated carbocycles. The van der Waals surface area contributed by atoms with Gasteiger partial charge in [-0.05, 0) is 19.8 Å². The molecular weight excluding hydrogens is 222 g/mol. The first-order valence-electron chi connectivity index (χ1n) is 5.54. The van der Waals surface area contributed by atoms with E-state index < -0.39 is 11.4 Å². The second-order valence-corrected chi connectivity index (χ2v) is 4.64. The van der Waals surface area contributed by atoms with Gasteiger partial charge in [-0.15, -0.1) is 0 Å². The summed E-state index contributed by atoms with van der Waals surface area (Å²) in [6, 6.07) is 0. The third-order valence-corrected chi connectivity index (χ3v) is 3.42. The van der Waals surface area contributed by atoms with Crippen molar-refractivity contribution in [2.75, 3.05) is 13.1 Å². The maximum Gasteiger partial charge on any atom is 0.309 e. The standard InChI is InChI=1S/C11H15N3O3/c1-11(10(16)17)2-4-14(5-3-11)9(15)8-6-12-13-7-8/h6-7H,2-5H2,1H3,(H,12,13)(H,16,17). The fraction of sp³-hybridized carbons (Fsp3) is 0.545. The van der Waals surface area contributed by atoms with Gasteiger partial charge in [0, 0.05) is 19.3 Å². The number of hydrogen-bond acceptors (Lipinski definition) is 3. The van der Waals surface area contributed by atoms with Gasteiger partial charge in [0.1, 0.15) is 0 Å². The van der Waals surface area contributed by atoms with E-state index in [2.05, 4.69) is 10.2 Å². The fourth-order valence-electron chi connectivity index (χ4n) is 1.97. The van der Waals surface area contributed by atoms with Gasteiger partial charge in [0.05, 0.1) is 17.2 Å². The number of carboxylic acid groups (broad SMARTS) is 1. The Kier molecular flexibility index (Phi) is 2.87. The predicted molar refractivity (Wildman–Crippen MR) is 59.5 cm³/mol. The number of nitrogens with one attached hydrogen (secondary N) is 1. The molecule has 0 unspecified atom stereocenters. The Morgan fingerprint density at radius 1 is 1.47 bits per heavy atom. The van der Waals surface area contributed by atoms with Crippen LogP contribution >= 0.6 is 0 Å². The monoisotopic (exact) mass is 237 g/mol. The molecule has 0 atom stereocenters. The maximum absolute atomic E-state index is 12.0. The lowest BCUT2D eigenvalue weighted by Crippen LogP contribution is -2.45. The molecule has 1 saturated heterocycles. The molecule has 6 nitrogen and oxygen atoms in total. The van der Waals surface area contributed by atoms with Crippen molar-refractivity contribution >= 4 is 11.9 Å². The largest absolute Gasteiger partial charge is 0.481 e. The Morgan fingerprint density at radius 3 is 2.59 bits per heavy atom. The maximum atomic E-state index is 12.0. The molecule has 1 fully saturated rings. The number of rotatable bonds is 2. The second-order valence-electron chi connectivity index (χ2n) is 4.64. The van der Waals surface area contributed by atoms with Gasteiger partial charge in [-0.3, -0.25) is 14.7 Å². The number of hydrogen-bond donors (Lipinski definition) is 2. The van der Waals surface area contributed by atoms with E-state index in [9.17, 15) is 9.59 Å². The number of aliphatic carboxylic acids is 1. The summed E-state index contributed by atoms with van der Waals surface area (Å²) in [4.78, 5) is 24.7. The van der Waals surface area contributed by atoms with Crippen LogP contribution in [-0.4, -0.2) is 45.2 Å². The zero-order valence-electron chi connectivity index (χ0n) is 9.64. The normalized spacial score (nSPS) is 19.0. The molecule has 2 N–H and O–H groups in total. The lowest BCUT2D eigenvalue weighted by atomic mass is 9.80. The minimum atomic E-state index is -0.784. The minimum absolute atomic E-state index is 0.0915. The number of carbonyl (C=O) groups is 2. The molecule has 1 aliphatic rings. The minimum Gasteiger partial charge on any atom is -0.481 e. The van der Waals surface area contributed by atoms with Gasteiger partial charge in [0.15, 0.2) is 0 Å². The Balaban J connectivity index is 2.00. The van der Waals surface area contributed by atoms with Crippen molar-refractivity contribution in [2.45, 2.75) is 19.8 Å². The summed E-state index contributed by atoms with van der Waals surface area (Å²) in [7, 11) is 0. The van der Waals surface area contributed by atoms with E-state index in [0.29, 0.717) is 31.5 Å². The summed E-state index contributed by atoms with van der Waals surface area (Å²) < 4.78 is 0. The van der Waals surface area contributed by atoms with E-state index in [1.165, 1.54) is 6.20 Å². The highest BCUT2D eigenvalue weighted by molar-refractivity contribution is 5.93. The number of amides is 1. The molecule has 2 rings (SSSR count). The highest BCUT2D eigenvalue weighted by Gasteiger charge is 2.38. The van der Waals surface area contributed by atoms with Crippen molar-refractivity contribution in [3.8, 4) is 0 Å². The van der Waals surface area contributed by atoms with Crippen molar-refractivity contribution in [1.82, 2.24) is 15.1 Å². The van der Waals surface area contributed by atoms with Gasteiger partial charge >= 0.3 is 5.97 Å². The molecule has 92 valence electrons. The van der Waals surface area contributed by atoms with Crippen LogP contribution in [0.5, 0.6) is 0 Å². The SMILES string of the molecule is CC1(C(=O)O)CCN(C(=O)c2cn[nH]c2)CC1. The molecule has 0 bridgehead atoms. The summed E-state index contributed by atoms with van der Waals surface area (Å²) in [5, 5.41) is 15.4. The van der Waals surface area contributed by atoms with E-state index >= 15 is 0 Å². The highest BCUT2D eigenvalue weighted by Crippen LogP contribution is 2.31. The first kappa shape index (κ1) is 11.6. The van der Waals surface area contributed by atoms with Crippen molar-refractivity contribution in [3.05, 3.63) is 18.0 Å². The Labute approximate surface area is 98.6 Å². The molecule has 0 aliphatic carbocycles. The first-order chi connectivity index (χ1) is 8.03. The van der Waals surface area contributed by atoms with Crippen LogP contribution in [0.4, 0.5) is 0 Å². The average molecular weight is 237 g/mol. The molecule has 0 spiro atoms. The number of nitrogens with zero attached hydrogens (tertiary/aromatic N) is 2. The molecule has 1 amide bonds. The van der Waals surface area contributed by atoms with Crippen LogP contribution in [-0.2, 0) is 4.79 Å². The van der Waals surface area contributed by atoms with Gasteiger partial charge in [-0.1, -0.05) is 0 Å². The lowest BCUT2D eigenvalue weighted by Gasteiger charge is -2.36. The second kappa shape index (κ2) is 4.20. The highest BCUT2D eigenvalue weighted by atomic mass is 16.4. The van der Waals surface area contributed by atoms with Crippen molar-refractivity contribution in [3.63, 3.8) is 0 Å². The number of likely N-dealkylation sites (tertiary alicyclic amines) is 1. The van der Waals surface area contributed by atoms with E-state index in [0.717, 1.165) is 0 Å². The van der Waals surface area contributed by atoms with Gasteiger partial charge < -0.3 is 10.0 Å². The molecule has 0 radical (unpaired) electrons. The molecular formula is C11H15N3O3. The third kappa shape index (κ3) is 2.15. The topological polar surface area (TPSA) is 86.3 Å². The van der Waals surface area contributed by atoms with Crippen LogP contribution in [0.25, 0.3) is 0 Å². The average Bonchev–Trinajstić information content (AvgIpc) is 2.82. The molecule has 1 aliphatic heterocycles. The van der Waals surface area contributed by atoms with Gasteiger partial charge in [0.25, 0.3) is 5.91 Å². The predicted octanol–water partition coefficient (Wildman–Crippen LogP) is 0.737. The van der Waals surface area contributed by atoms with Crippen molar-refractivity contribution < 1.29 is 14.7 Å². The Hall–Kier alpha value is -1.85. The van der Waals surface area contributed by atoms with Crippen molar-refractivity contribution in [2.24, 2.45) is 5.41 Å².